The molecule has 0 bridgehead atoms. The van der Waals surface area contributed by atoms with Crippen molar-refractivity contribution in [2.24, 2.45) is 0 Å². The van der Waals surface area contributed by atoms with Gasteiger partial charge in [-0.15, -0.1) is 0 Å². The van der Waals surface area contributed by atoms with E-state index in [1.807, 2.05) is 72.7 Å². The van der Waals surface area contributed by atoms with Crippen molar-refractivity contribution in [3.8, 4) is 5.75 Å². The molecule has 0 N–H and O–H groups in total. The summed E-state index contributed by atoms with van der Waals surface area (Å²) in [5.41, 5.74) is 2.21. The van der Waals surface area contributed by atoms with Crippen LogP contribution in [0.1, 0.15) is 17.5 Å². The Bertz CT molecular complexity index is 1120. The summed E-state index contributed by atoms with van der Waals surface area (Å²) >= 11 is 0. The van der Waals surface area contributed by atoms with Crippen molar-refractivity contribution in [3.63, 3.8) is 0 Å². The van der Waals surface area contributed by atoms with Crippen molar-refractivity contribution in [1.29, 1.82) is 0 Å². The zero-order valence-electron chi connectivity index (χ0n) is 17.1. The van der Waals surface area contributed by atoms with Crippen LogP contribution in [-0.4, -0.2) is 34.2 Å². The highest BCUT2D eigenvalue weighted by Gasteiger charge is 2.11. The van der Waals surface area contributed by atoms with Crippen LogP contribution in [0.15, 0.2) is 85.2 Å². The molecule has 30 heavy (non-hydrogen) atoms. The Morgan fingerprint density at radius 2 is 1.73 bits per heavy atom. The molecule has 1 heterocycles. The molecule has 0 spiro atoms. The first kappa shape index (κ1) is 19.7. The van der Waals surface area contributed by atoms with E-state index in [-0.39, 0.29) is 5.91 Å². The van der Waals surface area contributed by atoms with E-state index < -0.39 is 0 Å². The molecule has 0 saturated heterocycles. The Hall–Kier alpha value is -3.60. The minimum atomic E-state index is 0.0473. The molecule has 0 aliphatic rings. The minimum absolute atomic E-state index is 0.0473. The molecule has 5 nitrogen and oxygen atoms in total. The van der Waals surface area contributed by atoms with E-state index in [1.54, 1.807) is 4.90 Å². The zero-order valence-corrected chi connectivity index (χ0v) is 17.1. The first-order chi connectivity index (χ1) is 14.7. The summed E-state index contributed by atoms with van der Waals surface area (Å²) in [7, 11) is 1.81. The van der Waals surface area contributed by atoms with E-state index in [4.69, 9.17) is 4.74 Å². The highest BCUT2D eigenvalue weighted by molar-refractivity contribution is 5.88. The highest BCUT2D eigenvalue weighted by atomic mass is 16.5. The first-order valence-electron chi connectivity index (χ1n) is 10.1. The largest absolute Gasteiger partial charge is 0.492 e. The summed E-state index contributed by atoms with van der Waals surface area (Å²) in [6.45, 7) is 1.60. The summed E-state index contributed by atoms with van der Waals surface area (Å²) < 4.78 is 7.79. The molecule has 0 atom stereocenters. The summed E-state index contributed by atoms with van der Waals surface area (Å²) in [6, 6.07) is 24.3. The maximum absolute atomic E-state index is 12.5. The van der Waals surface area contributed by atoms with Gasteiger partial charge in [0.25, 0.3) is 0 Å². The van der Waals surface area contributed by atoms with Crippen molar-refractivity contribution in [1.82, 2.24) is 14.7 Å². The number of amides is 1. The smallest absolute Gasteiger partial charge is 0.226 e. The number of aromatic nitrogens is 2. The van der Waals surface area contributed by atoms with Gasteiger partial charge in [-0.2, -0.15) is 5.10 Å². The van der Waals surface area contributed by atoms with Gasteiger partial charge >= 0.3 is 0 Å². The van der Waals surface area contributed by atoms with Gasteiger partial charge in [-0.3, -0.25) is 9.48 Å². The van der Waals surface area contributed by atoms with Crippen LogP contribution in [0.4, 0.5) is 0 Å². The van der Waals surface area contributed by atoms with Crippen LogP contribution in [0.25, 0.3) is 10.8 Å². The monoisotopic (exact) mass is 399 g/mol. The van der Waals surface area contributed by atoms with Gasteiger partial charge in [0.1, 0.15) is 5.75 Å². The molecule has 0 radical (unpaired) electrons. The lowest BCUT2D eigenvalue weighted by Crippen LogP contribution is -2.27. The number of hydrogen-bond acceptors (Lipinski definition) is 3. The van der Waals surface area contributed by atoms with Crippen LogP contribution in [-0.2, 0) is 17.9 Å². The fraction of sp³-hybridized carbons (Fsp3) is 0.200. The lowest BCUT2D eigenvalue weighted by molar-refractivity contribution is -0.130. The van der Waals surface area contributed by atoms with Crippen LogP contribution in [0.3, 0.4) is 0 Å². The lowest BCUT2D eigenvalue weighted by Gasteiger charge is -2.16. The number of benzene rings is 3. The fourth-order valence-corrected chi connectivity index (χ4v) is 3.47. The van der Waals surface area contributed by atoms with Crippen molar-refractivity contribution in [3.05, 3.63) is 96.3 Å². The van der Waals surface area contributed by atoms with Crippen LogP contribution < -0.4 is 4.74 Å². The molecule has 1 amide bonds. The van der Waals surface area contributed by atoms with Gasteiger partial charge in [0.2, 0.25) is 5.91 Å². The standard InChI is InChI=1S/C25H25N3O2/c1-27(17-21-16-26-28(19-21)18-20-8-3-2-4-9-20)25(29)14-15-30-24-13-7-11-22-10-5-6-12-23(22)24/h2-13,16,19H,14-15,17-18H2,1H3. The van der Waals surface area contributed by atoms with Gasteiger partial charge in [0.15, 0.2) is 0 Å². The Morgan fingerprint density at radius 3 is 2.60 bits per heavy atom. The summed E-state index contributed by atoms with van der Waals surface area (Å²) in [5.74, 6) is 0.858. The summed E-state index contributed by atoms with van der Waals surface area (Å²) in [5, 5.41) is 6.60. The highest BCUT2D eigenvalue weighted by Crippen LogP contribution is 2.25. The maximum Gasteiger partial charge on any atom is 0.226 e. The van der Waals surface area contributed by atoms with E-state index in [2.05, 4.69) is 29.4 Å². The van der Waals surface area contributed by atoms with Gasteiger partial charge in [0, 0.05) is 30.7 Å². The molecule has 0 fully saturated rings. The summed E-state index contributed by atoms with van der Waals surface area (Å²) in [6.07, 6.45) is 4.14. The second-order valence-electron chi connectivity index (χ2n) is 7.36. The molecule has 0 aliphatic carbocycles. The second kappa shape index (κ2) is 9.27. The number of hydrogen-bond donors (Lipinski definition) is 0. The Labute approximate surface area is 176 Å². The van der Waals surface area contributed by atoms with Gasteiger partial charge in [-0.25, -0.2) is 0 Å². The van der Waals surface area contributed by atoms with Crippen LogP contribution in [0.2, 0.25) is 0 Å². The van der Waals surface area contributed by atoms with E-state index in [0.29, 0.717) is 19.6 Å². The van der Waals surface area contributed by atoms with E-state index >= 15 is 0 Å². The number of nitrogens with zero attached hydrogens (tertiary/aromatic N) is 3. The predicted octanol–water partition coefficient (Wildman–Crippen LogP) is 4.51. The predicted molar refractivity (Wildman–Crippen MR) is 118 cm³/mol. The number of carbonyl (C=O) groups is 1. The van der Waals surface area contributed by atoms with Crippen LogP contribution in [0, 0.1) is 0 Å². The van der Waals surface area contributed by atoms with Gasteiger partial charge in [0.05, 0.1) is 25.8 Å². The summed E-state index contributed by atoms with van der Waals surface area (Å²) in [4.78, 5) is 14.2. The Balaban J connectivity index is 1.28. The fourth-order valence-electron chi connectivity index (χ4n) is 3.47. The molecule has 152 valence electrons. The SMILES string of the molecule is CN(Cc1cnn(Cc2ccccc2)c1)C(=O)CCOc1cccc2ccccc12. The van der Waals surface area contributed by atoms with Crippen LogP contribution >= 0.6 is 0 Å². The average Bonchev–Trinajstić information content (AvgIpc) is 3.21. The molecule has 0 unspecified atom stereocenters. The molecule has 4 aromatic rings. The molecule has 1 aromatic heterocycles. The van der Waals surface area contributed by atoms with E-state index in [1.165, 1.54) is 5.56 Å². The Morgan fingerprint density at radius 1 is 0.967 bits per heavy atom. The lowest BCUT2D eigenvalue weighted by atomic mass is 10.1. The average molecular weight is 399 g/mol. The van der Waals surface area contributed by atoms with Crippen molar-refractivity contribution >= 4 is 16.7 Å². The van der Waals surface area contributed by atoms with Gasteiger partial charge < -0.3 is 9.64 Å². The molecule has 4 rings (SSSR count). The number of rotatable bonds is 8. The molecule has 0 saturated carbocycles. The normalized spacial score (nSPS) is 10.8. The minimum Gasteiger partial charge on any atom is -0.492 e. The third-order valence-electron chi connectivity index (χ3n) is 5.04. The van der Waals surface area contributed by atoms with E-state index in [9.17, 15) is 4.79 Å². The first-order valence-corrected chi connectivity index (χ1v) is 10.1. The van der Waals surface area contributed by atoms with E-state index in [0.717, 1.165) is 28.6 Å². The number of fused-ring (bicyclic) bond motifs is 1. The van der Waals surface area contributed by atoms with Crippen molar-refractivity contribution < 1.29 is 9.53 Å². The molecule has 5 heteroatoms. The van der Waals surface area contributed by atoms with Crippen molar-refractivity contribution in [2.45, 2.75) is 19.5 Å². The van der Waals surface area contributed by atoms with Gasteiger partial charge in [-0.05, 0) is 17.0 Å². The van der Waals surface area contributed by atoms with Crippen LogP contribution in [0.5, 0.6) is 5.75 Å². The Kier molecular flexibility index (Phi) is 6.09. The molecule has 3 aromatic carbocycles. The van der Waals surface area contributed by atoms with Crippen molar-refractivity contribution in [2.75, 3.05) is 13.7 Å². The third kappa shape index (κ3) is 4.87. The quantitative estimate of drug-likeness (QED) is 0.438. The number of ether oxygens (including phenoxy) is 1. The maximum atomic E-state index is 12.5. The molecule has 0 aliphatic heterocycles. The zero-order chi connectivity index (χ0) is 20.8. The third-order valence-corrected chi connectivity index (χ3v) is 5.04. The topological polar surface area (TPSA) is 47.4 Å². The number of carbonyl (C=O) groups excluding carboxylic acids is 1. The second-order valence-corrected chi connectivity index (χ2v) is 7.36. The molecular weight excluding hydrogens is 374 g/mol. The van der Waals surface area contributed by atoms with Gasteiger partial charge in [-0.1, -0.05) is 66.7 Å². The molecular formula is C25H25N3O2.